The van der Waals surface area contributed by atoms with E-state index in [4.69, 9.17) is 10.9 Å². The third-order valence-corrected chi connectivity index (χ3v) is 3.60. The summed E-state index contributed by atoms with van der Waals surface area (Å²) in [6.45, 7) is 2.75. The Kier molecular flexibility index (Phi) is 4.07. The molecular weight excluding hydrogens is 260 g/mol. The molecule has 0 spiro atoms. The van der Waals surface area contributed by atoms with Crippen molar-refractivity contribution in [3.8, 4) is 0 Å². The number of hydrogen-bond donors (Lipinski definition) is 3. The number of aromatic nitrogens is 1. The van der Waals surface area contributed by atoms with Crippen molar-refractivity contribution >= 4 is 11.7 Å². The number of pyridine rings is 1. The van der Waals surface area contributed by atoms with Crippen LogP contribution in [0.1, 0.15) is 28.9 Å². The maximum atomic E-state index is 12.3. The molecule has 20 heavy (non-hydrogen) atoms. The molecule has 1 saturated heterocycles. The van der Waals surface area contributed by atoms with E-state index in [1.54, 1.807) is 11.8 Å². The quantitative estimate of drug-likeness (QED) is 0.312. The zero-order valence-electron chi connectivity index (χ0n) is 11.3. The van der Waals surface area contributed by atoms with Crippen molar-refractivity contribution in [2.75, 3.05) is 13.1 Å². The Morgan fingerprint density at radius 2 is 2.15 bits per heavy atom. The molecule has 1 aromatic rings. The lowest BCUT2D eigenvalue weighted by Gasteiger charge is -2.31. The molecule has 1 aliphatic rings. The molecule has 4 N–H and O–H groups in total. The van der Waals surface area contributed by atoms with Gasteiger partial charge in [0.1, 0.15) is 11.4 Å². The molecule has 0 radical (unpaired) electrons. The summed E-state index contributed by atoms with van der Waals surface area (Å²) in [4.78, 5) is 28.6. The summed E-state index contributed by atoms with van der Waals surface area (Å²) in [6.07, 6.45) is 2.71. The van der Waals surface area contributed by atoms with Crippen molar-refractivity contribution in [1.82, 2.24) is 9.88 Å². The van der Waals surface area contributed by atoms with Gasteiger partial charge in [0.2, 0.25) is 0 Å². The van der Waals surface area contributed by atoms with Gasteiger partial charge in [-0.15, -0.1) is 0 Å². The van der Waals surface area contributed by atoms with Gasteiger partial charge in [0, 0.05) is 37.0 Å². The van der Waals surface area contributed by atoms with E-state index >= 15 is 0 Å². The largest absolute Gasteiger partial charge is 0.409 e. The van der Waals surface area contributed by atoms with Gasteiger partial charge in [-0.05, 0) is 19.8 Å². The van der Waals surface area contributed by atoms with Crippen molar-refractivity contribution in [1.29, 1.82) is 0 Å². The number of hydrogen-bond acceptors (Lipinski definition) is 4. The highest BCUT2D eigenvalue weighted by Gasteiger charge is 2.26. The molecule has 7 nitrogen and oxygen atoms in total. The number of aromatic amines is 1. The van der Waals surface area contributed by atoms with Crippen LogP contribution < -0.4 is 11.2 Å². The number of likely N-dealkylation sites (tertiary alicyclic amines) is 1. The molecule has 1 aromatic heterocycles. The zero-order valence-corrected chi connectivity index (χ0v) is 11.3. The van der Waals surface area contributed by atoms with E-state index in [1.807, 2.05) is 0 Å². The minimum atomic E-state index is -0.274. The standard InChI is InChI=1S/C13H18N4O3/c1-8-6-11(18)10(7-15-8)13(19)17-4-2-9(3-5-17)12(14)16-20/h6-7,9,20H,2-5H2,1H3,(H2,14,16)(H,15,18). The highest BCUT2D eigenvalue weighted by molar-refractivity contribution is 5.94. The van der Waals surface area contributed by atoms with E-state index in [1.165, 1.54) is 12.3 Å². The van der Waals surface area contributed by atoms with Gasteiger partial charge in [-0.1, -0.05) is 5.16 Å². The number of carbonyl (C=O) groups excluding carboxylic acids is 1. The van der Waals surface area contributed by atoms with Crippen LogP contribution in [0.5, 0.6) is 0 Å². The van der Waals surface area contributed by atoms with Crippen LogP contribution in [0.4, 0.5) is 0 Å². The first-order valence-electron chi connectivity index (χ1n) is 6.49. The molecular formula is C13H18N4O3. The summed E-state index contributed by atoms with van der Waals surface area (Å²) in [5.74, 6) is -0.0881. The number of nitrogens with one attached hydrogen (secondary N) is 1. The number of nitrogens with two attached hydrogens (primary N) is 1. The van der Waals surface area contributed by atoms with Gasteiger partial charge >= 0.3 is 0 Å². The number of H-pyrrole nitrogens is 1. The number of amides is 1. The number of rotatable bonds is 2. The summed E-state index contributed by atoms with van der Waals surface area (Å²) in [7, 11) is 0. The van der Waals surface area contributed by atoms with Gasteiger partial charge < -0.3 is 20.8 Å². The molecule has 1 amide bonds. The molecule has 1 aliphatic heterocycles. The maximum absolute atomic E-state index is 12.3. The second-order valence-electron chi connectivity index (χ2n) is 4.99. The van der Waals surface area contributed by atoms with Crippen LogP contribution >= 0.6 is 0 Å². The Bertz CT molecular complexity index is 586. The second-order valence-corrected chi connectivity index (χ2v) is 4.99. The van der Waals surface area contributed by atoms with Gasteiger partial charge in [-0.25, -0.2) is 0 Å². The summed E-state index contributed by atoms with van der Waals surface area (Å²) >= 11 is 0. The number of oxime groups is 1. The van der Waals surface area contributed by atoms with Crippen molar-refractivity contribution in [3.63, 3.8) is 0 Å². The fourth-order valence-electron chi connectivity index (χ4n) is 2.37. The average molecular weight is 278 g/mol. The van der Waals surface area contributed by atoms with Gasteiger partial charge in [0.15, 0.2) is 5.43 Å². The predicted molar refractivity (Wildman–Crippen MR) is 73.8 cm³/mol. The van der Waals surface area contributed by atoms with Crippen molar-refractivity contribution in [3.05, 3.63) is 33.7 Å². The number of nitrogens with zero attached hydrogens (tertiary/aromatic N) is 2. The topological polar surface area (TPSA) is 112 Å². The van der Waals surface area contributed by atoms with E-state index in [-0.39, 0.29) is 28.7 Å². The minimum absolute atomic E-state index is 0.0136. The summed E-state index contributed by atoms with van der Waals surface area (Å²) < 4.78 is 0. The third-order valence-electron chi connectivity index (χ3n) is 3.60. The summed E-state index contributed by atoms with van der Waals surface area (Å²) in [5, 5.41) is 11.6. The smallest absolute Gasteiger partial charge is 0.259 e. The van der Waals surface area contributed by atoms with E-state index in [0.717, 1.165) is 5.69 Å². The lowest BCUT2D eigenvalue weighted by Crippen LogP contribution is -2.43. The Morgan fingerprint density at radius 3 is 2.70 bits per heavy atom. The van der Waals surface area contributed by atoms with Gasteiger partial charge in [-0.3, -0.25) is 9.59 Å². The molecule has 0 aliphatic carbocycles. The Hall–Kier alpha value is -2.31. The van der Waals surface area contributed by atoms with Crippen LogP contribution in [0.2, 0.25) is 0 Å². The van der Waals surface area contributed by atoms with Crippen LogP contribution in [0, 0.1) is 12.8 Å². The summed E-state index contributed by atoms with van der Waals surface area (Å²) in [6, 6.07) is 1.41. The second kappa shape index (κ2) is 5.77. The fourth-order valence-corrected chi connectivity index (χ4v) is 2.37. The summed E-state index contributed by atoms with van der Waals surface area (Å²) in [5.41, 5.74) is 6.16. The molecule has 0 atom stereocenters. The van der Waals surface area contributed by atoms with Crippen LogP contribution in [0.25, 0.3) is 0 Å². The molecule has 0 aromatic carbocycles. The lowest BCUT2D eigenvalue weighted by molar-refractivity contribution is 0.0707. The fraction of sp³-hybridized carbons (Fsp3) is 0.462. The molecule has 0 unspecified atom stereocenters. The maximum Gasteiger partial charge on any atom is 0.259 e. The van der Waals surface area contributed by atoms with E-state index in [2.05, 4.69) is 10.1 Å². The Morgan fingerprint density at radius 1 is 1.50 bits per heavy atom. The van der Waals surface area contributed by atoms with Crippen LogP contribution in [-0.4, -0.2) is 39.9 Å². The highest BCUT2D eigenvalue weighted by atomic mass is 16.4. The van der Waals surface area contributed by atoms with Gasteiger partial charge in [-0.2, -0.15) is 0 Å². The molecule has 1 fully saturated rings. The van der Waals surface area contributed by atoms with Gasteiger partial charge in [0.05, 0.1) is 0 Å². The Balaban J connectivity index is 2.07. The van der Waals surface area contributed by atoms with Crippen LogP contribution in [0.15, 0.2) is 22.2 Å². The van der Waals surface area contributed by atoms with E-state index < -0.39 is 0 Å². The monoisotopic (exact) mass is 278 g/mol. The average Bonchev–Trinajstić information content (AvgIpc) is 2.46. The SMILES string of the molecule is Cc1cc(=O)c(C(=O)N2CCC(C(N)=NO)CC2)c[nH]1. The first kappa shape index (κ1) is 14.1. The van der Waals surface area contributed by atoms with Crippen LogP contribution in [0.3, 0.4) is 0 Å². The van der Waals surface area contributed by atoms with Crippen molar-refractivity contribution in [2.45, 2.75) is 19.8 Å². The highest BCUT2D eigenvalue weighted by Crippen LogP contribution is 2.18. The Labute approximate surface area is 116 Å². The third kappa shape index (κ3) is 2.81. The molecule has 2 rings (SSSR count). The minimum Gasteiger partial charge on any atom is -0.409 e. The zero-order chi connectivity index (χ0) is 14.7. The van der Waals surface area contributed by atoms with E-state index in [9.17, 15) is 9.59 Å². The number of piperidine rings is 1. The molecule has 0 bridgehead atoms. The molecule has 108 valence electrons. The van der Waals surface area contributed by atoms with Gasteiger partial charge in [0.25, 0.3) is 5.91 Å². The van der Waals surface area contributed by atoms with Crippen molar-refractivity contribution in [2.24, 2.45) is 16.8 Å². The van der Waals surface area contributed by atoms with Crippen molar-refractivity contribution < 1.29 is 10.0 Å². The first-order valence-corrected chi connectivity index (χ1v) is 6.49. The molecule has 0 saturated carbocycles. The normalized spacial score (nSPS) is 17.2. The number of amidine groups is 1. The molecule has 2 heterocycles. The number of carbonyl (C=O) groups is 1. The predicted octanol–water partition coefficient (Wildman–Crippen LogP) is 0.282. The lowest BCUT2D eigenvalue weighted by atomic mass is 9.95. The molecule has 7 heteroatoms. The van der Waals surface area contributed by atoms with Crippen LogP contribution in [-0.2, 0) is 0 Å². The first-order chi connectivity index (χ1) is 9.52. The van der Waals surface area contributed by atoms with E-state index in [0.29, 0.717) is 25.9 Å². The number of aryl methyl sites for hydroxylation is 1.